The van der Waals surface area contributed by atoms with Gasteiger partial charge in [0.15, 0.2) is 11.7 Å². The SMILES string of the molecule is O=C(COc1ccc2ccccc2c1)NC(=S)NNC(=O)c1ccc(-c2ccccc2)cc1. The van der Waals surface area contributed by atoms with Gasteiger partial charge in [-0.15, -0.1) is 0 Å². The summed E-state index contributed by atoms with van der Waals surface area (Å²) in [5.41, 5.74) is 7.53. The molecule has 0 radical (unpaired) electrons. The van der Waals surface area contributed by atoms with Crippen LogP contribution in [0.15, 0.2) is 97.1 Å². The Morgan fingerprint density at radius 3 is 2.15 bits per heavy atom. The summed E-state index contributed by atoms with van der Waals surface area (Å²) < 4.78 is 5.53. The van der Waals surface area contributed by atoms with Crippen molar-refractivity contribution < 1.29 is 14.3 Å². The lowest BCUT2D eigenvalue weighted by Crippen LogP contribution is -2.49. The third-order valence-corrected chi connectivity index (χ3v) is 5.09. The second-order valence-electron chi connectivity index (χ2n) is 7.20. The number of carbonyl (C=O) groups is 2. The van der Waals surface area contributed by atoms with Crippen molar-refractivity contribution in [2.75, 3.05) is 6.61 Å². The van der Waals surface area contributed by atoms with E-state index in [2.05, 4.69) is 16.2 Å². The van der Waals surface area contributed by atoms with Gasteiger partial charge >= 0.3 is 0 Å². The Labute approximate surface area is 196 Å². The molecule has 0 aromatic heterocycles. The number of rotatable bonds is 5. The standard InChI is InChI=1S/C26H21N3O3S/c30-24(17-32-23-15-14-19-8-4-5-9-22(19)16-23)27-26(33)29-28-25(31)21-12-10-20(11-13-21)18-6-2-1-3-7-18/h1-16H,17H2,(H,28,31)(H2,27,29,30,33). The molecule has 0 aliphatic heterocycles. The maximum Gasteiger partial charge on any atom is 0.269 e. The van der Waals surface area contributed by atoms with Crippen LogP contribution >= 0.6 is 12.2 Å². The molecule has 7 heteroatoms. The van der Waals surface area contributed by atoms with Crippen molar-refractivity contribution in [3.63, 3.8) is 0 Å². The fourth-order valence-electron chi connectivity index (χ4n) is 3.23. The number of nitrogens with one attached hydrogen (secondary N) is 3. The van der Waals surface area contributed by atoms with E-state index in [1.165, 1.54) is 0 Å². The van der Waals surface area contributed by atoms with Crippen LogP contribution in [0.2, 0.25) is 0 Å². The minimum atomic E-state index is -0.442. The number of ether oxygens (including phenoxy) is 1. The highest BCUT2D eigenvalue weighted by Crippen LogP contribution is 2.20. The third-order valence-electron chi connectivity index (χ3n) is 4.89. The fraction of sp³-hybridized carbons (Fsp3) is 0.0385. The molecule has 0 saturated heterocycles. The van der Waals surface area contributed by atoms with Crippen LogP contribution in [0.3, 0.4) is 0 Å². The van der Waals surface area contributed by atoms with Crippen molar-refractivity contribution in [1.29, 1.82) is 0 Å². The van der Waals surface area contributed by atoms with E-state index < -0.39 is 5.91 Å². The molecule has 0 aliphatic rings. The number of hydrogen-bond donors (Lipinski definition) is 3. The molecule has 6 nitrogen and oxygen atoms in total. The van der Waals surface area contributed by atoms with Crippen LogP contribution in [0.5, 0.6) is 5.75 Å². The summed E-state index contributed by atoms with van der Waals surface area (Å²) >= 11 is 5.06. The normalized spacial score (nSPS) is 10.3. The minimum absolute atomic E-state index is 0.0311. The van der Waals surface area contributed by atoms with Crippen molar-refractivity contribution in [3.8, 4) is 16.9 Å². The van der Waals surface area contributed by atoms with E-state index in [1.807, 2.05) is 78.9 Å². The lowest BCUT2D eigenvalue weighted by atomic mass is 10.0. The maximum absolute atomic E-state index is 12.3. The Morgan fingerprint density at radius 2 is 1.39 bits per heavy atom. The van der Waals surface area contributed by atoms with E-state index in [1.54, 1.807) is 18.2 Å². The number of benzene rings is 4. The van der Waals surface area contributed by atoms with Crippen LogP contribution in [0.1, 0.15) is 10.4 Å². The molecular formula is C26H21N3O3S. The second kappa shape index (κ2) is 10.4. The molecular weight excluding hydrogens is 434 g/mol. The van der Waals surface area contributed by atoms with Crippen molar-refractivity contribution >= 4 is 39.9 Å². The first kappa shape index (κ1) is 22.0. The van der Waals surface area contributed by atoms with Crippen LogP contribution in [0, 0.1) is 0 Å². The maximum atomic E-state index is 12.3. The van der Waals surface area contributed by atoms with E-state index >= 15 is 0 Å². The summed E-state index contributed by atoms with van der Waals surface area (Å²) in [6.07, 6.45) is 0. The molecule has 0 fully saturated rings. The monoisotopic (exact) mass is 455 g/mol. The molecule has 2 amide bonds. The number of carbonyl (C=O) groups excluding carboxylic acids is 2. The van der Waals surface area contributed by atoms with Crippen LogP contribution in [-0.4, -0.2) is 23.5 Å². The highest BCUT2D eigenvalue weighted by molar-refractivity contribution is 7.80. The zero-order valence-electron chi connectivity index (χ0n) is 17.6. The van der Waals surface area contributed by atoms with Gasteiger partial charge in [-0.05, 0) is 58.4 Å². The Bertz CT molecular complexity index is 1290. The van der Waals surface area contributed by atoms with Gasteiger partial charge < -0.3 is 4.74 Å². The molecule has 0 aliphatic carbocycles. The number of amides is 2. The van der Waals surface area contributed by atoms with Crippen molar-refractivity contribution in [1.82, 2.24) is 16.2 Å². The highest BCUT2D eigenvalue weighted by atomic mass is 32.1. The summed E-state index contributed by atoms with van der Waals surface area (Å²) in [6, 6.07) is 30.5. The fourth-order valence-corrected chi connectivity index (χ4v) is 3.40. The topological polar surface area (TPSA) is 79.5 Å². The van der Waals surface area contributed by atoms with Gasteiger partial charge in [0.2, 0.25) is 0 Å². The van der Waals surface area contributed by atoms with Crippen LogP contribution in [0.25, 0.3) is 21.9 Å². The molecule has 4 aromatic rings. The second-order valence-corrected chi connectivity index (χ2v) is 7.61. The van der Waals surface area contributed by atoms with E-state index in [0.717, 1.165) is 21.9 Å². The largest absolute Gasteiger partial charge is 0.484 e. The molecule has 33 heavy (non-hydrogen) atoms. The summed E-state index contributed by atoms with van der Waals surface area (Å²) in [6.45, 7) is -0.213. The first-order chi connectivity index (χ1) is 16.1. The molecule has 0 spiro atoms. The highest BCUT2D eigenvalue weighted by Gasteiger charge is 2.09. The van der Waals surface area contributed by atoms with Crippen LogP contribution < -0.4 is 20.9 Å². The van der Waals surface area contributed by atoms with Crippen molar-refractivity contribution in [3.05, 3.63) is 103 Å². The number of hydrogen-bond acceptors (Lipinski definition) is 4. The van der Waals surface area contributed by atoms with Crippen LogP contribution in [0.4, 0.5) is 0 Å². The molecule has 0 bridgehead atoms. The number of hydrazine groups is 1. The summed E-state index contributed by atoms with van der Waals surface area (Å²) in [5.74, 6) is -0.240. The number of fused-ring (bicyclic) bond motifs is 1. The van der Waals surface area contributed by atoms with Gasteiger partial charge in [-0.3, -0.25) is 25.8 Å². The van der Waals surface area contributed by atoms with Gasteiger partial charge in [0.25, 0.3) is 11.8 Å². The summed E-state index contributed by atoms with van der Waals surface area (Å²) in [4.78, 5) is 24.4. The predicted molar refractivity (Wildman–Crippen MR) is 133 cm³/mol. The zero-order chi connectivity index (χ0) is 23.0. The van der Waals surface area contributed by atoms with Gasteiger partial charge in [0.05, 0.1) is 0 Å². The average molecular weight is 456 g/mol. The zero-order valence-corrected chi connectivity index (χ0v) is 18.4. The third kappa shape index (κ3) is 5.93. The Balaban J connectivity index is 1.22. The summed E-state index contributed by atoms with van der Waals surface area (Å²) in [5, 5.41) is 4.54. The minimum Gasteiger partial charge on any atom is -0.484 e. The molecule has 4 rings (SSSR count). The van der Waals surface area contributed by atoms with Crippen molar-refractivity contribution in [2.24, 2.45) is 0 Å². The average Bonchev–Trinajstić information content (AvgIpc) is 2.86. The van der Waals surface area contributed by atoms with E-state index in [-0.39, 0.29) is 17.6 Å². The molecule has 0 heterocycles. The molecule has 0 atom stereocenters. The van der Waals surface area contributed by atoms with E-state index in [0.29, 0.717) is 11.3 Å². The molecule has 164 valence electrons. The van der Waals surface area contributed by atoms with Crippen molar-refractivity contribution in [2.45, 2.75) is 0 Å². The smallest absolute Gasteiger partial charge is 0.269 e. The molecule has 3 N–H and O–H groups in total. The molecule has 0 saturated carbocycles. The van der Waals surface area contributed by atoms with Gasteiger partial charge in [-0.25, -0.2) is 0 Å². The Kier molecular flexibility index (Phi) is 6.92. The lowest BCUT2D eigenvalue weighted by molar-refractivity contribution is -0.121. The lowest BCUT2D eigenvalue weighted by Gasteiger charge is -2.12. The first-order valence-electron chi connectivity index (χ1n) is 10.3. The molecule has 4 aromatic carbocycles. The van der Waals surface area contributed by atoms with Gasteiger partial charge in [0, 0.05) is 5.56 Å². The van der Waals surface area contributed by atoms with E-state index in [4.69, 9.17) is 17.0 Å². The van der Waals surface area contributed by atoms with E-state index in [9.17, 15) is 9.59 Å². The summed E-state index contributed by atoms with van der Waals surface area (Å²) in [7, 11) is 0. The van der Waals surface area contributed by atoms with Crippen LogP contribution in [-0.2, 0) is 4.79 Å². The van der Waals surface area contributed by atoms with Gasteiger partial charge in [-0.2, -0.15) is 0 Å². The quantitative estimate of drug-likeness (QED) is 0.310. The van der Waals surface area contributed by atoms with Gasteiger partial charge in [0.1, 0.15) is 5.75 Å². The predicted octanol–water partition coefficient (Wildman–Crippen LogP) is 4.22. The Morgan fingerprint density at radius 1 is 0.727 bits per heavy atom. The first-order valence-corrected chi connectivity index (χ1v) is 10.7. The number of thiocarbonyl (C=S) groups is 1. The van der Waals surface area contributed by atoms with Gasteiger partial charge in [-0.1, -0.05) is 72.8 Å². The Hall–Kier alpha value is -4.23. The molecule has 0 unspecified atom stereocenters.